The van der Waals surface area contributed by atoms with Crippen LogP contribution < -0.4 is 5.32 Å². The molecule has 0 aliphatic heterocycles. The fourth-order valence-electron chi connectivity index (χ4n) is 2.01. The van der Waals surface area contributed by atoms with Crippen LogP contribution >= 0.6 is 11.6 Å². The molecule has 5 nitrogen and oxygen atoms in total. The number of Topliss-reactive ketones (excluding diaryl/α,β-unsaturated/α-hetero) is 1. The van der Waals surface area contributed by atoms with Gasteiger partial charge in [-0.3, -0.25) is 14.4 Å². The zero-order valence-corrected chi connectivity index (χ0v) is 14.5. The highest BCUT2D eigenvalue weighted by Crippen LogP contribution is 2.11. The molecule has 0 radical (unpaired) electrons. The third-order valence-electron chi connectivity index (χ3n) is 3.42. The fraction of sp³-hybridized carbons (Fsp3) is 0.211. The normalized spacial score (nSPS) is 10.2. The molecule has 0 spiro atoms. The lowest BCUT2D eigenvalue weighted by Crippen LogP contribution is -2.17. The zero-order valence-electron chi connectivity index (χ0n) is 13.8. The van der Waals surface area contributed by atoms with Crippen LogP contribution in [0.25, 0.3) is 0 Å². The van der Waals surface area contributed by atoms with Gasteiger partial charge in [-0.15, -0.1) is 0 Å². The zero-order chi connectivity index (χ0) is 18.2. The number of anilines is 1. The molecule has 1 amide bonds. The SMILES string of the molecule is Cc1ccc(NC(=O)CCC(=O)OCC(=O)c2ccc(Cl)cc2)cc1. The highest BCUT2D eigenvalue weighted by molar-refractivity contribution is 6.30. The number of carbonyl (C=O) groups excluding carboxylic acids is 3. The Bertz CT molecular complexity index is 754. The summed E-state index contributed by atoms with van der Waals surface area (Å²) < 4.78 is 4.90. The van der Waals surface area contributed by atoms with E-state index in [0.717, 1.165) is 5.56 Å². The molecule has 25 heavy (non-hydrogen) atoms. The maximum atomic E-state index is 11.9. The molecule has 130 valence electrons. The van der Waals surface area contributed by atoms with E-state index in [2.05, 4.69) is 5.32 Å². The minimum atomic E-state index is -0.596. The summed E-state index contributed by atoms with van der Waals surface area (Å²) in [6, 6.07) is 13.6. The van der Waals surface area contributed by atoms with Gasteiger partial charge < -0.3 is 10.1 Å². The molecule has 0 heterocycles. The van der Waals surface area contributed by atoms with Crippen LogP contribution in [0.3, 0.4) is 0 Å². The van der Waals surface area contributed by atoms with Crippen molar-refractivity contribution < 1.29 is 19.1 Å². The summed E-state index contributed by atoms with van der Waals surface area (Å²) in [6.07, 6.45) is -0.104. The van der Waals surface area contributed by atoms with Crippen LogP contribution in [-0.4, -0.2) is 24.3 Å². The molecular formula is C19H18ClNO4. The molecule has 0 unspecified atom stereocenters. The molecule has 0 aliphatic carbocycles. The number of aryl methyl sites for hydroxylation is 1. The molecule has 1 N–H and O–H groups in total. The Morgan fingerprint density at radius 3 is 2.24 bits per heavy atom. The summed E-state index contributed by atoms with van der Waals surface area (Å²) in [5.41, 5.74) is 2.17. The van der Waals surface area contributed by atoms with E-state index in [4.69, 9.17) is 16.3 Å². The molecule has 0 saturated heterocycles. The van der Waals surface area contributed by atoms with Crippen LogP contribution in [0.4, 0.5) is 5.69 Å². The summed E-state index contributed by atoms with van der Waals surface area (Å²) in [6.45, 7) is 1.59. The number of halogens is 1. The van der Waals surface area contributed by atoms with Gasteiger partial charge >= 0.3 is 5.97 Å². The van der Waals surface area contributed by atoms with Crippen LogP contribution in [0.5, 0.6) is 0 Å². The average molecular weight is 360 g/mol. The second kappa shape index (κ2) is 8.99. The van der Waals surface area contributed by atoms with E-state index in [9.17, 15) is 14.4 Å². The second-order valence-corrected chi connectivity index (χ2v) is 5.94. The maximum absolute atomic E-state index is 11.9. The van der Waals surface area contributed by atoms with E-state index in [1.807, 2.05) is 19.1 Å². The van der Waals surface area contributed by atoms with Gasteiger partial charge in [0, 0.05) is 22.7 Å². The van der Waals surface area contributed by atoms with Crippen molar-refractivity contribution in [3.63, 3.8) is 0 Å². The van der Waals surface area contributed by atoms with E-state index < -0.39 is 5.97 Å². The lowest BCUT2D eigenvalue weighted by Gasteiger charge is -2.06. The lowest BCUT2D eigenvalue weighted by molar-refractivity contribution is -0.143. The minimum absolute atomic E-state index is 0.0121. The molecule has 2 rings (SSSR count). The first-order valence-corrected chi connectivity index (χ1v) is 8.13. The highest BCUT2D eigenvalue weighted by atomic mass is 35.5. The number of rotatable bonds is 7. The third-order valence-corrected chi connectivity index (χ3v) is 3.67. The van der Waals surface area contributed by atoms with Crippen molar-refractivity contribution in [2.75, 3.05) is 11.9 Å². The molecule has 6 heteroatoms. The quantitative estimate of drug-likeness (QED) is 0.603. The topological polar surface area (TPSA) is 72.5 Å². The van der Waals surface area contributed by atoms with E-state index >= 15 is 0 Å². The van der Waals surface area contributed by atoms with Crippen molar-refractivity contribution in [3.05, 3.63) is 64.7 Å². The number of hydrogen-bond donors (Lipinski definition) is 1. The first kappa shape index (κ1) is 18.7. The Balaban J connectivity index is 1.71. The number of benzene rings is 2. The number of hydrogen-bond acceptors (Lipinski definition) is 4. The highest BCUT2D eigenvalue weighted by Gasteiger charge is 2.12. The number of carbonyl (C=O) groups is 3. The second-order valence-electron chi connectivity index (χ2n) is 5.50. The van der Waals surface area contributed by atoms with E-state index in [1.165, 1.54) is 0 Å². The Hall–Kier alpha value is -2.66. The molecule has 0 atom stereocenters. The Labute approximate surface area is 150 Å². The van der Waals surface area contributed by atoms with Crippen molar-refractivity contribution in [2.45, 2.75) is 19.8 Å². The van der Waals surface area contributed by atoms with Crippen LogP contribution in [0.1, 0.15) is 28.8 Å². The van der Waals surface area contributed by atoms with E-state index in [-0.39, 0.29) is 31.1 Å². The van der Waals surface area contributed by atoms with Crippen molar-refractivity contribution in [3.8, 4) is 0 Å². The Morgan fingerprint density at radius 2 is 1.60 bits per heavy atom. The first-order valence-electron chi connectivity index (χ1n) is 7.75. The molecular weight excluding hydrogens is 342 g/mol. The van der Waals surface area contributed by atoms with E-state index in [0.29, 0.717) is 16.3 Å². The maximum Gasteiger partial charge on any atom is 0.306 e. The molecule has 2 aromatic rings. The molecule has 0 fully saturated rings. The summed E-state index contributed by atoms with van der Waals surface area (Å²) in [5.74, 6) is -1.21. The molecule has 2 aromatic carbocycles. The Kier molecular flexibility index (Phi) is 6.71. The monoisotopic (exact) mass is 359 g/mol. The van der Waals surface area contributed by atoms with Crippen LogP contribution in [0, 0.1) is 6.92 Å². The van der Waals surface area contributed by atoms with Gasteiger partial charge in [-0.05, 0) is 43.3 Å². The lowest BCUT2D eigenvalue weighted by atomic mass is 10.1. The smallest absolute Gasteiger partial charge is 0.306 e. The summed E-state index contributed by atoms with van der Waals surface area (Å²) in [4.78, 5) is 35.3. The van der Waals surface area contributed by atoms with Gasteiger partial charge in [0.25, 0.3) is 0 Å². The number of esters is 1. The predicted molar refractivity (Wildman–Crippen MR) is 95.8 cm³/mol. The summed E-state index contributed by atoms with van der Waals surface area (Å²) >= 11 is 5.75. The fourth-order valence-corrected chi connectivity index (χ4v) is 2.14. The first-order chi connectivity index (χ1) is 11.9. The van der Waals surface area contributed by atoms with Crippen LogP contribution in [-0.2, 0) is 14.3 Å². The third kappa shape index (κ3) is 6.39. The van der Waals surface area contributed by atoms with Crippen molar-refractivity contribution in [1.82, 2.24) is 0 Å². The van der Waals surface area contributed by atoms with Crippen molar-refractivity contribution in [1.29, 1.82) is 0 Å². The van der Waals surface area contributed by atoms with Gasteiger partial charge in [-0.25, -0.2) is 0 Å². The largest absolute Gasteiger partial charge is 0.457 e. The number of ether oxygens (including phenoxy) is 1. The van der Waals surface area contributed by atoms with Crippen molar-refractivity contribution >= 4 is 34.9 Å². The van der Waals surface area contributed by atoms with Crippen LogP contribution in [0.2, 0.25) is 5.02 Å². The van der Waals surface area contributed by atoms with Gasteiger partial charge in [0.2, 0.25) is 5.91 Å². The van der Waals surface area contributed by atoms with Crippen LogP contribution in [0.15, 0.2) is 48.5 Å². The van der Waals surface area contributed by atoms with Gasteiger partial charge in [0.1, 0.15) is 0 Å². The summed E-state index contributed by atoms with van der Waals surface area (Å²) in [5, 5.41) is 3.22. The number of ketones is 1. The standard InChI is InChI=1S/C19H18ClNO4/c1-13-2-8-16(9-3-13)21-18(23)10-11-19(24)25-12-17(22)14-4-6-15(20)7-5-14/h2-9H,10-12H2,1H3,(H,21,23). The molecule has 0 saturated carbocycles. The van der Waals surface area contributed by atoms with Gasteiger partial charge in [0.15, 0.2) is 12.4 Å². The molecule has 0 aromatic heterocycles. The predicted octanol–water partition coefficient (Wildman–Crippen LogP) is 3.79. The molecule has 0 aliphatic rings. The van der Waals surface area contributed by atoms with Crippen molar-refractivity contribution in [2.24, 2.45) is 0 Å². The number of nitrogens with one attached hydrogen (secondary N) is 1. The minimum Gasteiger partial charge on any atom is -0.457 e. The average Bonchev–Trinajstić information content (AvgIpc) is 2.60. The Morgan fingerprint density at radius 1 is 0.960 bits per heavy atom. The van der Waals surface area contributed by atoms with Gasteiger partial charge in [-0.2, -0.15) is 0 Å². The van der Waals surface area contributed by atoms with Gasteiger partial charge in [0.05, 0.1) is 6.42 Å². The van der Waals surface area contributed by atoms with E-state index in [1.54, 1.807) is 36.4 Å². The summed E-state index contributed by atoms with van der Waals surface area (Å²) in [7, 11) is 0. The van der Waals surface area contributed by atoms with Gasteiger partial charge in [-0.1, -0.05) is 29.3 Å². The number of amides is 1. The molecule has 0 bridgehead atoms.